The number of rotatable bonds is 2. The molecule has 130 valence electrons. The highest BCUT2D eigenvalue weighted by Gasteiger charge is 2.27. The lowest BCUT2D eigenvalue weighted by Gasteiger charge is -2.30. The molecule has 0 bridgehead atoms. The largest absolute Gasteiger partial charge is 0.469 e. The molecule has 26 heavy (non-hydrogen) atoms. The number of anilines is 1. The van der Waals surface area contributed by atoms with E-state index in [0.717, 1.165) is 42.2 Å². The lowest BCUT2D eigenvalue weighted by atomic mass is 9.75. The fourth-order valence-corrected chi connectivity index (χ4v) is 4.89. The first-order valence-electron chi connectivity index (χ1n) is 9.13. The van der Waals surface area contributed by atoms with E-state index in [1.165, 1.54) is 33.4 Å². The summed E-state index contributed by atoms with van der Waals surface area (Å²) in [6.45, 7) is 0. The van der Waals surface area contributed by atoms with Gasteiger partial charge in [-0.05, 0) is 82.8 Å². The summed E-state index contributed by atoms with van der Waals surface area (Å²) in [6, 6.07) is 12.5. The van der Waals surface area contributed by atoms with Crippen LogP contribution in [-0.2, 0) is 19.3 Å². The molecule has 2 N–H and O–H groups in total. The molecule has 0 spiro atoms. The highest BCUT2D eigenvalue weighted by molar-refractivity contribution is 6.32. The van der Waals surface area contributed by atoms with Gasteiger partial charge in [-0.3, -0.25) is 0 Å². The van der Waals surface area contributed by atoms with Crippen LogP contribution in [0.5, 0.6) is 0 Å². The number of furan rings is 1. The summed E-state index contributed by atoms with van der Waals surface area (Å²) >= 11 is 6.48. The van der Waals surface area contributed by atoms with Gasteiger partial charge in [-0.1, -0.05) is 35.9 Å². The van der Waals surface area contributed by atoms with E-state index in [-0.39, 0.29) is 0 Å². The van der Waals surface area contributed by atoms with Crippen molar-refractivity contribution in [3.8, 4) is 11.1 Å². The number of allylic oxidation sites excluding steroid dienone is 1. The van der Waals surface area contributed by atoms with E-state index >= 15 is 0 Å². The highest BCUT2D eigenvalue weighted by atomic mass is 35.5. The van der Waals surface area contributed by atoms with Gasteiger partial charge in [-0.25, -0.2) is 0 Å². The smallest absolute Gasteiger partial charge is 0.104 e. The van der Waals surface area contributed by atoms with E-state index in [2.05, 4.69) is 36.4 Å². The third-order valence-corrected chi connectivity index (χ3v) is 6.01. The molecular formula is C23H20ClNO. The molecule has 3 aromatic rings. The van der Waals surface area contributed by atoms with Crippen LogP contribution in [0.1, 0.15) is 40.4 Å². The van der Waals surface area contributed by atoms with Gasteiger partial charge in [0.1, 0.15) is 5.76 Å². The number of fused-ring (bicyclic) bond motifs is 5. The Morgan fingerprint density at radius 1 is 1.08 bits per heavy atom. The SMILES string of the molecule is Nc1cc(Cl)c2c(c1)-c1ccc3c(c1CC2)C(Cc1ccco1)CC=C3. The van der Waals surface area contributed by atoms with Gasteiger partial charge in [0.25, 0.3) is 0 Å². The summed E-state index contributed by atoms with van der Waals surface area (Å²) in [4.78, 5) is 0. The zero-order valence-corrected chi connectivity index (χ0v) is 15.2. The van der Waals surface area contributed by atoms with E-state index in [9.17, 15) is 0 Å². The van der Waals surface area contributed by atoms with Crippen LogP contribution in [0, 0.1) is 0 Å². The molecule has 2 aliphatic carbocycles. The second-order valence-electron chi connectivity index (χ2n) is 7.24. The molecule has 1 aromatic heterocycles. The third kappa shape index (κ3) is 2.48. The van der Waals surface area contributed by atoms with Crippen molar-refractivity contribution in [3.05, 3.63) is 81.8 Å². The Morgan fingerprint density at radius 3 is 2.81 bits per heavy atom. The van der Waals surface area contributed by atoms with Crippen molar-refractivity contribution >= 4 is 23.4 Å². The normalized spacial score (nSPS) is 17.5. The quantitative estimate of drug-likeness (QED) is 0.566. The van der Waals surface area contributed by atoms with E-state index in [0.29, 0.717) is 5.92 Å². The minimum absolute atomic E-state index is 0.453. The summed E-state index contributed by atoms with van der Waals surface area (Å²) in [5.41, 5.74) is 14.8. The van der Waals surface area contributed by atoms with Crippen LogP contribution >= 0.6 is 11.6 Å². The second-order valence-corrected chi connectivity index (χ2v) is 7.65. The Bertz CT molecular complexity index is 1020. The van der Waals surface area contributed by atoms with Crippen molar-refractivity contribution < 1.29 is 4.42 Å². The van der Waals surface area contributed by atoms with Gasteiger partial charge in [0, 0.05) is 17.1 Å². The minimum Gasteiger partial charge on any atom is -0.469 e. The van der Waals surface area contributed by atoms with Crippen LogP contribution in [0.15, 0.2) is 53.2 Å². The molecule has 0 radical (unpaired) electrons. The van der Waals surface area contributed by atoms with Gasteiger partial charge < -0.3 is 10.2 Å². The fourth-order valence-electron chi connectivity index (χ4n) is 4.57. The molecule has 0 saturated carbocycles. The maximum absolute atomic E-state index is 6.48. The second kappa shape index (κ2) is 6.07. The van der Waals surface area contributed by atoms with Crippen molar-refractivity contribution in [2.75, 3.05) is 5.73 Å². The molecule has 0 saturated heterocycles. The molecule has 3 heteroatoms. The molecular weight excluding hydrogens is 342 g/mol. The van der Waals surface area contributed by atoms with Gasteiger partial charge in [-0.15, -0.1) is 0 Å². The average molecular weight is 362 g/mol. The molecule has 0 amide bonds. The van der Waals surface area contributed by atoms with Crippen LogP contribution in [-0.4, -0.2) is 0 Å². The van der Waals surface area contributed by atoms with Gasteiger partial charge in [0.2, 0.25) is 0 Å². The molecule has 2 aliphatic rings. The molecule has 2 nitrogen and oxygen atoms in total. The number of nitrogens with two attached hydrogens (primary N) is 1. The summed E-state index contributed by atoms with van der Waals surface area (Å²) in [5, 5.41) is 0.787. The topological polar surface area (TPSA) is 39.2 Å². The van der Waals surface area contributed by atoms with Crippen molar-refractivity contribution in [2.24, 2.45) is 0 Å². The van der Waals surface area contributed by atoms with Crippen LogP contribution < -0.4 is 5.73 Å². The van der Waals surface area contributed by atoms with Crippen LogP contribution in [0.4, 0.5) is 5.69 Å². The lowest BCUT2D eigenvalue weighted by molar-refractivity contribution is 0.484. The molecule has 5 rings (SSSR count). The zero-order chi connectivity index (χ0) is 17.7. The van der Waals surface area contributed by atoms with Gasteiger partial charge in [-0.2, -0.15) is 0 Å². The van der Waals surface area contributed by atoms with Gasteiger partial charge in [0.15, 0.2) is 0 Å². The van der Waals surface area contributed by atoms with Crippen LogP contribution in [0.3, 0.4) is 0 Å². The van der Waals surface area contributed by atoms with E-state index in [1.54, 1.807) is 6.26 Å². The van der Waals surface area contributed by atoms with Crippen molar-refractivity contribution in [2.45, 2.75) is 31.6 Å². The van der Waals surface area contributed by atoms with Crippen molar-refractivity contribution in [3.63, 3.8) is 0 Å². The van der Waals surface area contributed by atoms with Crippen LogP contribution in [0.25, 0.3) is 17.2 Å². The Kier molecular flexibility index (Phi) is 3.68. The Hall–Kier alpha value is -2.45. The highest BCUT2D eigenvalue weighted by Crippen LogP contribution is 2.45. The van der Waals surface area contributed by atoms with E-state index < -0.39 is 0 Å². The van der Waals surface area contributed by atoms with Crippen LogP contribution in [0.2, 0.25) is 5.02 Å². The fraction of sp³-hybridized carbons (Fsp3) is 0.217. The monoisotopic (exact) mass is 361 g/mol. The number of benzene rings is 2. The zero-order valence-electron chi connectivity index (χ0n) is 14.5. The molecule has 0 fully saturated rings. The van der Waals surface area contributed by atoms with Crippen molar-refractivity contribution in [1.29, 1.82) is 0 Å². The molecule has 1 heterocycles. The molecule has 0 aliphatic heterocycles. The Balaban J connectivity index is 1.67. The van der Waals surface area contributed by atoms with Crippen molar-refractivity contribution in [1.82, 2.24) is 0 Å². The third-order valence-electron chi connectivity index (χ3n) is 5.68. The lowest BCUT2D eigenvalue weighted by Crippen LogP contribution is -2.15. The minimum atomic E-state index is 0.453. The van der Waals surface area contributed by atoms with Gasteiger partial charge in [0.05, 0.1) is 6.26 Å². The molecule has 1 unspecified atom stereocenters. The standard InChI is InChI=1S/C23H20ClNO/c24-22-13-16(25)12-21-18-7-6-14-3-1-4-15(11-17-5-2-10-26-17)23(14)20(18)9-8-19(21)22/h1-3,5-7,10,12-13,15H,4,8-9,11,25H2. The first-order valence-corrected chi connectivity index (χ1v) is 9.51. The summed E-state index contributed by atoms with van der Waals surface area (Å²) < 4.78 is 5.62. The summed E-state index contributed by atoms with van der Waals surface area (Å²) in [6.07, 6.45) is 10.3. The Morgan fingerprint density at radius 2 is 1.96 bits per heavy atom. The predicted octanol–water partition coefficient (Wildman–Crippen LogP) is 6.02. The first-order chi connectivity index (χ1) is 12.7. The van der Waals surface area contributed by atoms with Gasteiger partial charge >= 0.3 is 0 Å². The Labute approximate surface area is 158 Å². The number of hydrogen-bond acceptors (Lipinski definition) is 2. The molecule has 1 atom stereocenters. The molecule has 2 aromatic carbocycles. The average Bonchev–Trinajstić information content (AvgIpc) is 3.14. The van der Waals surface area contributed by atoms with E-state index in [4.69, 9.17) is 21.8 Å². The number of halogens is 1. The summed E-state index contributed by atoms with van der Waals surface area (Å²) in [7, 11) is 0. The summed E-state index contributed by atoms with van der Waals surface area (Å²) in [5.74, 6) is 1.51. The maximum Gasteiger partial charge on any atom is 0.104 e. The first kappa shape index (κ1) is 15.8. The number of nitrogen functional groups attached to an aromatic ring is 1. The van der Waals surface area contributed by atoms with E-state index in [1.807, 2.05) is 12.1 Å². The predicted molar refractivity (Wildman–Crippen MR) is 108 cm³/mol. The maximum atomic E-state index is 6.48. The number of hydrogen-bond donors (Lipinski definition) is 1.